The van der Waals surface area contributed by atoms with E-state index in [4.69, 9.17) is 10.5 Å². The highest BCUT2D eigenvalue weighted by molar-refractivity contribution is 5.88. The summed E-state index contributed by atoms with van der Waals surface area (Å²) in [4.78, 5) is 17.9. The van der Waals surface area contributed by atoms with Crippen molar-refractivity contribution < 1.29 is 19.3 Å². The summed E-state index contributed by atoms with van der Waals surface area (Å²) >= 11 is 0. The van der Waals surface area contributed by atoms with Crippen LogP contribution in [0.25, 0.3) is 22.3 Å². The molecule has 4 heterocycles. The molecule has 0 saturated carbocycles. The van der Waals surface area contributed by atoms with Crippen LogP contribution in [0.5, 0.6) is 0 Å². The largest absolute Gasteiger partial charge is 0.380 e. The molecule has 0 bridgehead atoms. The van der Waals surface area contributed by atoms with Crippen molar-refractivity contribution in [3.63, 3.8) is 0 Å². The Kier molecular flexibility index (Phi) is 4.14. The predicted octanol–water partition coefficient (Wildman–Crippen LogP) is 1.78. The molecular formula is C22H22FN3O4. The fourth-order valence-electron chi connectivity index (χ4n) is 4.64. The van der Waals surface area contributed by atoms with Gasteiger partial charge in [0.05, 0.1) is 30.1 Å². The zero-order valence-electron chi connectivity index (χ0n) is 16.7. The number of halogens is 1. The van der Waals surface area contributed by atoms with E-state index in [2.05, 4.69) is 4.98 Å². The molecule has 0 amide bonds. The lowest BCUT2D eigenvalue weighted by molar-refractivity contribution is -0.236. The Morgan fingerprint density at radius 2 is 2.17 bits per heavy atom. The molecular weight excluding hydrogens is 389 g/mol. The molecule has 4 N–H and O–H groups in total. The van der Waals surface area contributed by atoms with Gasteiger partial charge in [-0.2, -0.15) is 0 Å². The van der Waals surface area contributed by atoms with E-state index in [0.717, 1.165) is 10.9 Å². The van der Waals surface area contributed by atoms with Crippen molar-refractivity contribution in [1.82, 2.24) is 9.55 Å². The van der Waals surface area contributed by atoms with Gasteiger partial charge in [-0.3, -0.25) is 4.79 Å². The lowest BCUT2D eigenvalue weighted by Crippen LogP contribution is -2.47. The molecule has 7 nitrogen and oxygen atoms in total. The summed E-state index contributed by atoms with van der Waals surface area (Å²) in [6.07, 6.45) is -1.25. The van der Waals surface area contributed by atoms with Gasteiger partial charge in [0, 0.05) is 34.7 Å². The molecule has 1 unspecified atom stereocenters. The van der Waals surface area contributed by atoms with E-state index in [0.29, 0.717) is 45.7 Å². The minimum atomic E-state index is -1.68. The lowest BCUT2D eigenvalue weighted by atomic mass is 9.85. The van der Waals surface area contributed by atoms with Crippen LogP contribution in [0, 0.1) is 12.7 Å². The number of benzene rings is 1. The lowest BCUT2D eigenvalue weighted by Gasteiger charge is -2.37. The van der Waals surface area contributed by atoms with Crippen LogP contribution in [0.3, 0.4) is 0 Å². The second-order valence-electron chi connectivity index (χ2n) is 7.98. The number of hydrogen-bond acceptors (Lipinski definition) is 6. The van der Waals surface area contributed by atoms with Gasteiger partial charge in [-0.05, 0) is 36.6 Å². The quantitative estimate of drug-likeness (QED) is 0.464. The van der Waals surface area contributed by atoms with Crippen molar-refractivity contribution in [3.8, 4) is 11.4 Å². The van der Waals surface area contributed by atoms with Crippen molar-refractivity contribution in [1.29, 1.82) is 0 Å². The van der Waals surface area contributed by atoms with Crippen LogP contribution in [-0.2, 0) is 30.0 Å². The van der Waals surface area contributed by atoms with Crippen molar-refractivity contribution in [2.24, 2.45) is 5.73 Å². The third kappa shape index (κ3) is 2.39. The fraction of sp³-hybridized carbons (Fsp3) is 0.364. The van der Waals surface area contributed by atoms with Gasteiger partial charge in [-0.25, -0.2) is 9.37 Å². The second-order valence-corrected chi connectivity index (χ2v) is 7.98. The number of aliphatic hydroxyl groups excluding tert-OH is 1. The molecule has 2 aliphatic rings. The van der Waals surface area contributed by atoms with Gasteiger partial charge in [0.1, 0.15) is 11.4 Å². The number of pyridine rings is 2. The van der Waals surface area contributed by atoms with Gasteiger partial charge < -0.3 is 25.3 Å². The van der Waals surface area contributed by atoms with E-state index >= 15 is 0 Å². The Morgan fingerprint density at radius 1 is 1.40 bits per heavy atom. The molecule has 0 fully saturated rings. The van der Waals surface area contributed by atoms with Crippen LogP contribution >= 0.6 is 0 Å². The highest BCUT2D eigenvalue weighted by atomic mass is 19.1. The molecule has 2 aliphatic heterocycles. The average molecular weight is 411 g/mol. The number of nitrogens with zero attached hydrogens (tertiary/aromatic N) is 2. The van der Waals surface area contributed by atoms with Gasteiger partial charge in [-0.1, -0.05) is 6.92 Å². The predicted molar refractivity (Wildman–Crippen MR) is 108 cm³/mol. The SMILES string of the molecule is CC[C@]1(O)c2cc3n(c(=O)c2COC1O)Cc1cc2c(CN)c(C)c(F)cc2nc1-3. The minimum Gasteiger partial charge on any atom is -0.380 e. The van der Waals surface area contributed by atoms with Crippen molar-refractivity contribution >= 4 is 10.9 Å². The summed E-state index contributed by atoms with van der Waals surface area (Å²) in [6.45, 7) is 3.82. The molecule has 0 saturated heterocycles. The Morgan fingerprint density at radius 3 is 2.87 bits per heavy atom. The first kappa shape index (κ1) is 19.3. The number of fused-ring (bicyclic) bond motifs is 5. The Labute approximate surface area is 171 Å². The number of aromatic nitrogens is 2. The van der Waals surface area contributed by atoms with Crippen molar-refractivity contribution in [2.45, 2.75) is 51.9 Å². The second kappa shape index (κ2) is 6.42. The van der Waals surface area contributed by atoms with Gasteiger partial charge in [-0.15, -0.1) is 0 Å². The van der Waals surface area contributed by atoms with Crippen LogP contribution in [-0.4, -0.2) is 26.1 Å². The Bertz CT molecular complexity index is 1290. The maximum absolute atomic E-state index is 14.4. The topological polar surface area (TPSA) is 111 Å². The third-order valence-corrected chi connectivity index (χ3v) is 6.51. The molecule has 2 aromatic heterocycles. The maximum Gasteiger partial charge on any atom is 0.257 e. The summed E-state index contributed by atoms with van der Waals surface area (Å²) in [5.74, 6) is -0.378. The number of hydrogen-bond donors (Lipinski definition) is 3. The van der Waals surface area contributed by atoms with Crippen LogP contribution in [0.1, 0.15) is 41.2 Å². The number of rotatable bonds is 2. The molecule has 0 aliphatic carbocycles. The average Bonchev–Trinajstić information content (AvgIpc) is 3.09. The maximum atomic E-state index is 14.4. The Balaban J connectivity index is 1.79. The molecule has 8 heteroatoms. The highest BCUT2D eigenvalue weighted by Gasteiger charge is 2.44. The van der Waals surface area contributed by atoms with Gasteiger partial charge >= 0.3 is 0 Å². The summed E-state index contributed by atoms with van der Waals surface area (Å²) < 4.78 is 21.2. The van der Waals surface area contributed by atoms with Crippen molar-refractivity contribution in [3.05, 3.63) is 62.2 Å². The van der Waals surface area contributed by atoms with E-state index in [1.165, 1.54) is 6.07 Å². The smallest absolute Gasteiger partial charge is 0.257 e. The van der Waals surface area contributed by atoms with E-state index in [1.54, 1.807) is 24.5 Å². The molecule has 3 aromatic rings. The minimum absolute atomic E-state index is 0.0780. The first-order valence-corrected chi connectivity index (χ1v) is 9.91. The molecule has 0 radical (unpaired) electrons. The highest BCUT2D eigenvalue weighted by Crippen LogP contribution is 2.40. The van der Waals surface area contributed by atoms with Crippen LogP contribution in [0.4, 0.5) is 4.39 Å². The Hall–Kier alpha value is -2.65. The van der Waals surface area contributed by atoms with Gasteiger partial charge in [0.25, 0.3) is 5.56 Å². The first-order chi connectivity index (χ1) is 14.3. The third-order valence-electron chi connectivity index (χ3n) is 6.51. The molecule has 0 spiro atoms. The number of ether oxygens (including phenoxy) is 1. The molecule has 30 heavy (non-hydrogen) atoms. The molecule has 1 aromatic carbocycles. The standard InChI is InChI=1S/C22H22FN3O4/c1-3-22(29)15-5-18-19-11(8-26(18)20(27)14(15)9-30-21(22)28)4-12-13(7-24)10(2)16(23)6-17(12)25-19/h4-6,21,28-29H,3,7-9,24H2,1-2H3/t21?,22-/m0/s1. The van der Waals surface area contributed by atoms with E-state index in [9.17, 15) is 19.4 Å². The number of nitrogens with two attached hydrogens (primary N) is 1. The molecule has 2 atom stereocenters. The molecule has 156 valence electrons. The zero-order valence-corrected chi connectivity index (χ0v) is 16.7. The van der Waals surface area contributed by atoms with Crippen LogP contribution < -0.4 is 11.3 Å². The van der Waals surface area contributed by atoms with Gasteiger partial charge in [0.15, 0.2) is 6.29 Å². The van der Waals surface area contributed by atoms with Crippen LogP contribution in [0.15, 0.2) is 23.0 Å². The van der Waals surface area contributed by atoms with Crippen molar-refractivity contribution in [2.75, 3.05) is 0 Å². The van der Waals surface area contributed by atoms with Gasteiger partial charge in [0.2, 0.25) is 0 Å². The first-order valence-electron chi connectivity index (χ1n) is 9.91. The summed E-state index contributed by atoms with van der Waals surface area (Å²) in [7, 11) is 0. The fourth-order valence-corrected chi connectivity index (χ4v) is 4.64. The zero-order chi connectivity index (χ0) is 21.4. The normalized spacial score (nSPS) is 22.1. The summed E-state index contributed by atoms with van der Waals surface area (Å²) in [5, 5.41) is 22.0. The summed E-state index contributed by atoms with van der Waals surface area (Å²) in [5.41, 5.74) is 8.15. The van der Waals surface area contributed by atoms with E-state index in [-0.39, 0.29) is 30.9 Å². The summed E-state index contributed by atoms with van der Waals surface area (Å²) in [6, 6.07) is 4.99. The van der Waals surface area contributed by atoms with E-state index < -0.39 is 11.9 Å². The monoisotopic (exact) mass is 411 g/mol. The number of aliphatic hydroxyl groups is 2. The van der Waals surface area contributed by atoms with E-state index in [1.807, 2.05) is 6.07 Å². The van der Waals surface area contributed by atoms with Crippen LogP contribution in [0.2, 0.25) is 0 Å². The molecule has 5 rings (SSSR count).